The van der Waals surface area contributed by atoms with Crippen molar-refractivity contribution in [3.8, 4) is 11.5 Å². The van der Waals surface area contributed by atoms with Crippen molar-refractivity contribution < 1.29 is 37.0 Å². The number of carbonyl (C=O) groups excluding carboxylic acids is 2. The van der Waals surface area contributed by atoms with Crippen molar-refractivity contribution in [2.24, 2.45) is 0 Å². The molecular formula is C20H20F3NO5. The number of benzene rings is 2. The maximum atomic E-state index is 12.9. The average molecular weight is 411 g/mol. The van der Waals surface area contributed by atoms with Gasteiger partial charge < -0.3 is 19.5 Å². The van der Waals surface area contributed by atoms with Gasteiger partial charge in [-0.2, -0.15) is 13.2 Å². The van der Waals surface area contributed by atoms with Crippen LogP contribution in [0.3, 0.4) is 0 Å². The van der Waals surface area contributed by atoms with Crippen LogP contribution in [0.1, 0.15) is 21.5 Å². The van der Waals surface area contributed by atoms with Gasteiger partial charge in [0.2, 0.25) is 0 Å². The molecule has 0 spiro atoms. The van der Waals surface area contributed by atoms with Gasteiger partial charge in [0.1, 0.15) is 0 Å². The molecule has 0 bridgehead atoms. The number of carbonyl (C=O) groups is 2. The zero-order valence-electron chi connectivity index (χ0n) is 15.8. The third-order valence-corrected chi connectivity index (χ3v) is 3.97. The lowest BCUT2D eigenvalue weighted by Crippen LogP contribution is -2.30. The first-order chi connectivity index (χ1) is 13.8. The number of ether oxygens (including phenoxy) is 3. The van der Waals surface area contributed by atoms with Crippen LogP contribution in [0.25, 0.3) is 0 Å². The SMILES string of the molecule is COc1ccc(CCNC(=O)COC(=O)c2ccccc2C(F)(F)F)cc1OC. The molecule has 0 fully saturated rings. The lowest BCUT2D eigenvalue weighted by atomic mass is 10.1. The molecule has 2 aromatic carbocycles. The normalized spacial score (nSPS) is 10.9. The molecule has 2 rings (SSSR count). The summed E-state index contributed by atoms with van der Waals surface area (Å²) in [6, 6.07) is 9.53. The van der Waals surface area contributed by atoms with Crippen LogP contribution in [0.5, 0.6) is 11.5 Å². The second-order valence-electron chi connectivity index (χ2n) is 5.91. The molecule has 29 heavy (non-hydrogen) atoms. The summed E-state index contributed by atoms with van der Waals surface area (Å²) in [4.78, 5) is 23.7. The molecule has 9 heteroatoms. The van der Waals surface area contributed by atoms with E-state index in [9.17, 15) is 22.8 Å². The van der Waals surface area contributed by atoms with E-state index in [2.05, 4.69) is 5.32 Å². The first-order valence-electron chi connectivity index (χ1n) is 8.57. The van der Waals surface area contributed by atoms with E-state index in [0.29, 0.717) is 17.9 Å². The fourth-order valence-corrected chi connectivity index (χ4v) is 2.55. The molecule has 0 radical (unpaired) electrons. The third-order valence-electron chi connectivity index (χ3n) is 3.97. The number of alkyl halides is 3. The number of amides is 1. The van der Waals surface area contributed by atoms with Crippen molar-refractivity contribution in [3.05, 3.63) is 59.2 Å². The summed E-state index contributed by atoms with van der Waals surface area (Å²) in [7, 11) is 3.03. The van der Waals surface area contributed by atoms with Crippen LogP contribution in [-0.2, 0) is 22.1 Å². The number of hydrogen-bond donors (Lipinski definition) is 1. The van der Waals surface area contributed by atoms with E-state index in [1.807, 2.05) is 6.07 Å². The summed E-state index contributed by atoms with van der Waals surface area (Å²) >= 11 is 0. The van der Waals surface area contributed by atoms with Crippen molar-refractivity contribution in [2.45, 2.75) is 12.6 Å². The molecule has 0 saturated carbocycles. The lowest BCUT2D eigenvalue weighted by molar-refractivity contribution is -0.138. The van der Waals surface area contributed by atoms with E-state index in [0.717, 1.165) is 17.7 Å². The summed E-state index contributed by atoms with van der Waals surface area (Å²) in [5, 5.41) is 2.54. The summed E-state index contributed by atoms with van der Waals surface area (Å²) < 4.78 is 53.8. The summed E-state index contributed by atoms with van der Waals surface area (Å²) in [5.74, 6) is -0.712. The largest absolute Gasteiger partial charge is 0.493 e. The fraction of sp³-hybridized carbons (Fsp3) is 0.300. The minimum atomic E-state index is -4.70. The first kappa shape index (κ1) is 22.1. The second kappa shape index (κ2) is 9.81. The van der Waals surface area contributed by atoms with Gasteiger partial charge in [0.05, 0.1) is 25.3 Å². The van der Waals surface area contributed by atoms with Crippen LogP contribution in [0.15, 0.2) is 42.5 Å². The smallest absolute Gasteiger partial charge is 0.417 e. The number of nitrogens with one attached hydrogen (secondary N) is 1. The molecular weight excluding hydrogens is 391 g/mol. The van der Waals surface area contributed by atoms with Crippen molar-refractivity contribution in [2.75, 3.05) is 27.4 Å². The van der Waals surface area contributed by atoms with Crippen LogP contribution >= 0.6 is 0 Å². The summed E-state index contributed by atoms with van der Waals surface area (Å²) in [5.41, 5.74) is -0.879. The number of hydrogen-bond acceptors (Lipinski definition) is 5. The van der Waals surface area contributed by atoms with E-state index in [1.165, 1.54) is 26.4 Å². The summed E-state index contributed by atoms with van der Waals surface area (Å²) in [6.07, 6.45) is -4.23. The van der Waals surface area contributed by atoms with Crippen molar-refractivity contribution in [1.82, 2.24) is 5.32 Å². The van der Waals surface area contributed by atoms with Gasteiger partial charge in [-0.25, -0.2) is 4.79 Å². The van der Waals surface area contributed by atoms with Crippen LogP contribution in [0, 0.1) is 0 Å². The monoisotopic (exact) mass is 411 g/mol. The Labute approximate surface area is 165 Å². The van der Waals surface area contributed by atoms with Crippen molar-refractivity contribution in [3.63, 3.8) is 0 Å². The van der Waals surface area contributed by atoms with Gasteiger partial charge in [-0.15, -0.1) is 0 Å². The van der Waals surface area contributed by atoms with E-state index in [1.54, 1.807) is 12.1 Å². The Morgan fingerprint density at radius 3 is 2.34 bits per heavy atom. The van der Waals surface area contributed by atoms with Crippen LogP contribution in [0.4, 0.5) is 13.2 Å². The Kier molecular flexibility index (Phi) is 7.46. The zero-order valence-corrected chi connectivity index (χ0v) is 15.8. The van der Waals surface area contributed by atoms with E-state index < -0.39 is 35.8 Å². The molecule has 0 atom stereocenters. The number of halogens is 3. The second-order valence-corrected chi connectivity index (χ2v) is 5.91. The number of rotatable bonds is 8. The molecule has 0 aliphatic carbocycles. The Balaban J connectivity index is 1.84. The van der Waals surface area contributed by atoms with Gasteiger partial charge in [0.25, 0.3) is 5.91 Å². The predicted octanol–water partition coefficient (Wildman–Crippen LogP) is 3.24. The molecule has 2 aromatic rings. The molecule has 0 aromatic heterocycles. The van der Waals surface area contributed by atoms with Gasteiger partial charge in [-0.1, -0.05) is 18.2 Å². The van der Waals surface area contributed by atoms with E-state index in [-0.39, 0.29) is 6.54 Å². The molecule has 0 heterocycles. The van der Waals surface area contributed by atoms with Gasteiger partial charge in [-0.3, -0.25) is 4.79 Å². The Morgan fingerprint density at radius 2 is 1.69 bits per heavy atom. The Morgan fingerprint density at radius 1 is 1.00 bits per heavy atom. The maximum absolute atomic E-state index is 12.9. The molecule has 6 nitrogen and oxygen atoms in total. The molecule has 1 amide bonds. The predicted molar refractivity (Wildman–Crippen MR) is 98.0 cm³/mol. The minimum absolute atomic E-state index is 0.241. The standard InChI is InChI=1S/C20H20F3NO5/c1-27-16-8-7-13(11-17(16)28-2)9-10-24-18(25)12-29-19(26)14-5-3-4-6-15(14)20(21,22)23/h3-8,11H,9-10,12H2,1-2H3,(H,24,25). The summed E-state index contributed by atoms with van der Waals surface area (Å²) in [6.45, 7) is -0.442. The molecule has 0 aliphatic heterocycles. The highest BCUT2D eigenvalue weighted by molar-refractivity contribution is 5.93. The average Bonchev–Trinajstić information content (AvgIpc) is 2.71. The highest BCUT2D eigenvalue weighted by atomic mass is 19.4. The number of methoxy groups -OCH3 is 2. The topological polar surface area (TPSA) is 73.9 Å². The lowest BCUT2D eigenvalue weighted by Gasteiger charge is -2.12. The molecule has 156 valence electrons. The third kappa shape index (κ3) is 6.13. The molecule has 0 unspecified atom stereocenters. The Hall–Kier alpha value is -3.23. The first-order valence-corrected chi connectivity index (χ1v) is 8.57. The van der Waals surface area contributed by atoms with Gasteiger partial charge in [0.15, 0.2) is 18.1 Å². The van der Waals surface area contributed by atoms with Gasteiger partial charge in [-0.05, 0) is 36.2 Å². The number of esters is 1. The zero-order chi connectivity index (χ0) is 21.4. The molecule has 1 N–H and O–H groups in total. The Bertz CT molecular complexity index is 867. The van der Waals surface area contributed by atoms with E-state index in [4.69, 9.17) is 14.2 Å². The van der Waals surface area contributed by atoms with Gasteiger partial charge in [0, 0.05) is 6.54 Å². The van der Waals surface area contributed by atoms with E-state index >= 15 is 0 Å². The maximum Gasteiger partial charge on any atom is 0.417 e. The van der Waals surface area contributed by atoms with Crippen LogP contribution in [-0.4, -0.2) is 39.2 Å². The van der Waals surface area contributed by atoms with Gasteiger partial charge >= 0.3 is 12.1 Å². The van der Waals surface area contributed by atoms with Crippen molar-refractivity contribution >= 4 is 11.9 Å². The molecule has 0 aliphatic rings. The minimum Gasteiger partial charge on any atom is -0.493 e. The fourth-order valence-electron chi connectivity index (χ4n) is 2.55. The van der Waals surface area contributed by atoms with Crippen molar-refractivity contribution in [1.29, 1.82) is 0 Å². The quantitative estimate of drug-likeness (QED) is 0.675. The highest BCUT2D eigenvalue weighted by Crippen LogP contribution is 2.32. The van der Waals surface area contributed by atoms with Crippen LogP contribution in [0.2, 0.25) is 0 Å². The molecule has 0 saturated heterocycles. The van der Waals surface area contributed by atoms with Crippen LogP contribution < -0.4 is 14.8 Å². The highest BCUT2D eigenvalue weighted by Gasteiger charge is 2.35.